The molecule has 4 rings (SSSR count). The summed E-state index contributed by atoms with van der Waals surface area (Å²) in [7, 11) is 2.14. The van der Waals surface area contributed by atoms with Gasteiger partial charge in [-0.05, 0) is 62.4 Å². The molecule has 0 aliphatic carbocycles. The SMILES string of the molecule is Cc1ccc(C(=O)N2CCC3(CC2)COC(CN(C)Cc2cccnc2)C3)cc1.O=C(O)C(F)(F)F.O=C(O)C(F)(F)F. The Balaban J connectivity index is 0.000000384. The van der Waals surface area contributed by atoms with E-state index in [0.717, 1.165) is 57.6 Å². The Hall–Kier alpha value is -3.72. The number of likely N-dealkylation sites (tertiary alicyclic amines) is 1. The van der Waals surface area contributed by atoms with Crippen molar-refractivity contribution in [2.24, 2.45) is 5.41 Å². The van der Waals surface area contributed by atoms with Crippen LogP contribution in [0.2, 0.25) is 0 Å². The van der Waals surface area contributed by atoms with Gasteiger partial charge in [-0.1, -0.05) is 23.8 Å². The van der Waals surface area contributed by atoms with Crippen molar-refractivity contribution in [3.63, 3.8) is 0 Å². The maximum Gasteiger partial charge on any atom is 0.490 e. The van der Waals surface area contributed by atoms with Gasteiger partial charge in [0.25, 0.3) is 5.91 Å². The van der Waals surface area contributed by atoms with E-state index >= 15 is 0 Å². The predicted octanol–water partition coefficient (Wildman–Crippen LogP) is 4.80. The summed E-state index contributed by atoms with van der Waals surface area (Å²) in [6, 6.07) is 12.0. The van der Waals surface area contributed by atoms with E-state index in [1.54, 1.807) is 0 Å². The number of aliphatic carboxylic acids is 2. The highest BCUT2D eigenvalue weighted by atomic mass is 19.4. The molecule has 2 N–H and O–H groups in total. The zero-order valence-electron chi connectivity index (χ0n) is 23.5. The smallest absolute Gasteiger partial charge is 0.475 e. The van der Waals surface area contributed by atoms with E-state index in [4.69, 9.17) is 24.5 Å². The topological polar surface area (TPSA) is 120 Å². The van der Waals surface area contributed by atoms with E-state index in [1.807, 2.05) is 54.5 Å². The van der Waals surface area contributed by atoms with E-state index in [2.05, 4.69) is 23.0 Å². The number of hydrogen-bond donors (Lipinski definition) is 2. The molecule has 2 aromatic rings. The first-order valence-electron chi connectivity index (χ1n) is 13.1. The number of aromatic nitrogens is 1. The summed E-state index contributed by atoms with van der Waals surface area (Å²) in [4.78, 5) is 39.1. The molecule has 2 saturated heterocycles. The molecule has 9 nitrogen and oxygen atoms in total. The molecule has 2 fully saturated rings. The van der Waals surface area contributed by atoms with Gasteiger partial charge in [-0.15, -0.1) is 0 Å². The van der Waals surface area contributed by atoms with Crippen molar-refractivity contribution in [1.29, 1.82) is 0 Å². The van der Waals surface area contributed by atoms with Crippen LogP contribution in [0.3, 0.4) is 0 Å². The fraction of sp³-hybridized carbons (Fsp3) is 0.500. The Morgan fingerprint density at radius 1 is 1.00 bits per heavy atom. The number of carbonyl (C=O) groups is 3. The Morgan fingerprint density at radius 2 is 1.53 bits per heavy atom. The van der Waals surface area contributed by atoms with E-state index in [1.165, 1.54) is 11.1 Å². The molecular weight excluding hydrogens is 588 g/mol. The number of ether oxygens (including phenoxy) is 1. The van der Waals surface area contributed by atoms with Gasteiger partial charge in [0.05, 0.1) is 12.7 Å². The molecule has 2 aliphatic heterocycles. The molecule has 3 heterocycles. The number of pyridine rings is 1. The molecule has 0 radical (unpaired) electrons. The molecule has 1 amide bonds. The third-order valence-corrected chi connectivity index (χ3v) is 6.87. The Kier molecular flexibility index (Phi) is 12.5. The van der Waals surface area contributed by atoms with Crippen LogP contribution in [0.15, 0.2) is 48.8 Å². The van der Waals surface area contributed by atoms with E-state index in [9.17, 15) is 31.1 Å². The van der Waals surface area contributed by atoms with Crippen LogP contribution in [-0.4, -0.2) is 94.6 Å². The second-order valence-corrected chi connectivity index (χ2v) is 10.5. The first kappa shape index (κ1) is 35.5. The number of carbonyl (C=O) groups excluding carboxylic acids is 1. The largest absolute Gasteiger partial charge is 0.490 e. The fourth-order valence-electron chi connectivity index (χ4n) is 4.64. The van der Waals surface area contributed by atoms with Gasteiger partial charge in [0.15, 0.2) is 0 Å². The first-order valence-corrected chi connectivity index (χ1v) is 13.1. The number of benzene rings is 1. The van der Waals surface area contributed by atoms with Crippen LogP contribution in [0, 0.1) is 12.3 Å². The lowest BCUT2D eigenvalue weighted by molar-refractivity contribution is -0.193. The number of piperidine rings is 1. The predicted molar refractivity (Wildman–Crippen MR) is 141 cm³/mol. The molecule has 2 aliphatic rings. The van der Waals surface area contributed by atoms with Gasteiger partial charge in [-0.3, -0.25) is 14.7 Å². The van der Waals surface area contributed by atoms with Crippen LogP contribution in [0.4, 0.5) is 26.3 Å². The Labute approximate surface area is 244 Å². The van der Waals surface area contributed by atoms with Gasteiger partial charge in [-0.25, -0.2) is 9.59 Å². The maximum atomic E-state index is 12.8. The lowest BCUT2D eigenvalue weighted by atomic mass is 9.76. The van der Waals surface area contributed by atoms with Crippen molar-refractivity contribution < 1.29 is 55.7 Å². The molecule has 43 heavy (non-hydrogen) atoms. The van der Waals surface area contributed by atoms with Crippen LogP contribution in [0.5, 0.6) is 0 Å². The molecule has 1 aromatic heterocycles. The van der Waals surface area contributed by atoms with Gasteiger partial charge in [0.1, 0.15) is 0 Å². The minimum Gasteiger partial charge on any atom is -0.475 e. The van der Waals surface area contributed by atoms with Crippen molar-refractivity contribution in [2.45, 2.75) is 51.2 Å². The van der Waals surface area contributed by atoms with Crippen LogP contribution in [0.25, 0.3) is 0 Å². The van der Waals surface area contributed by atoms with Gasteiger partial charge in [0.2, 0.25) is 0 Å². The number of alkyl halides is 6. The van der Waals surface area contributed by atoms with Crippen molar-refractivity contribution in [3.8, 4) is 0 Å². The molecule has 1 atom stereocenters. The highest BCUT2D eigenvalue weighted by molar-refractivity contribution is 5.94. The number of rotatable bonds is 5. The van der Waals surface area contributed by atoms with Crippen molar-refractivity contribution in [2.75, 3.05) is 33.3 Å². The second-order valence-electron chi connectivity index (χ2n) is 10.5. The van der Waals surface area contributed by atoms with Gasteiger partial charge in [-0.2, -0.15) is 26.3 Å². The van der Waals surface area contributed by atoms with Crippen molar-refractivity contribution >= 4 is 17.8 Å². The molecule has 1 unspecified atom stereocenters. The van der Waals surface area contributed by atoms with Gasteiger partial charge >= 0.3 is 24.3 Å². The number of amides is 1. The number of halogens is 6. The number of aryl methyl sites for hydroxylation is 1. The Morgan fingerprint density at radius 3 is 2.00 bits per heavy atom. The standard InChI is InChI=1S/C24H31N3O2.2C2HF3O2/c1-19-5-7-21(8-6-19)23(28)27-12-9-24(10-13-27)14-22(29-18-24)17-26(2)16-20-4-3-11-25-15-20;2*3-2(4,5)1(6)7/h3-8,11,15,22H,9-10,12-14,16-18H2,1-2H3;2*(H,6,7). The van der Waals surface area contributed by atoms with E-state index in [-0.39, 0.29) is 17.4 Å². The van der Waals surface area contributed by atoms with Crippen LogP contribution < -0.4 is 0 Å². The van der Waals surface area contributed by atoms with E-state index in [0.29, 0.717) is 0 Å². The summed E-state index contributed by atoms with van der Waals surface area (Å²) in [5.74, 6) is -5.36. The maximum absolute atomic E-state index is 12.8. The molecule has 15 heteroatoms. The minimum atomic E-state index is -5.08. The summed E-state index contributed by atoms with van der Waals surface area (Å²) >= 11 is 0. The molecule has 0 bridgehead atoms. The molecule has 0 saturated carbocycles. The summed E-state index contributed by atoms with van der Waals surface area (Å²) < 4.78 is 69.7. The number of likely N-dealkylation sites (N-methyl/N-ethyl adjacent to an activating group) is 1. The monoisotopic (exact) mass is 621 g/mol. The summed E-state index contributed by atoms with van der Waals surface area (Å²) in [6.45, 7) is 6.35. The molecule has 1 aromatic carbocycles. The average Bonchev–Trinajstić information content (AvgIpc) is 3.30. The molecular formula is C28H33F6N3O6. The van der Waals surface area contributed by atoms with Crippen molar-refractivity contribution in [1.82, 2.24) is 14.8 Å². The fourth-order valence-corrected chi connectivity index (χ4v) is 4.64. The number of nitrogens with zero attached hydrogens (tertiary/aromatic N) is 3. The Bertz CT molecular complexity index is 1180. The highest BCUT2D eigenvalue weighted by Crippen LogP contribution is 2.42. The van der Waals surface area contributed by atoms with Crippen LogP contribution in [-0.2, 0) is 20.9 Å². The third kappa shape index (κ3) is 11.8. The minimum absolute atomic E-state index is 0.159. The average molecular weight is 622 g/mol. The summed E-state index contributed by atoms with van der Waals surface area (Å²) in [5.41, 5.74) is 3.45. The molecule has 238 valence electrons. The van der Waals surface area contributed by atoms with Gasteiger partial charge in [0, 0.05) is 44.1 Å². The third-order valence-electron chi connectivity index (χ3n) is 6.87. The lowest BCUT2D eigenvalue weighted by Gasteiger charge is -2.38. The zero-order valence-corrected chi connectivity index (χ0v) is 23.5. The lowest BCUT2D eigenvalue weighted by Crippen LogP contribution is -2.43. The number of carboxylic acids is 2. The zero-order chi connectivity index (χ0) is 32.4. The first-order chi connectivity index (χ1) is 19.9. The summed E-state index contributed by atoms with van der Waals surface area (Å²) in [5, 5.41) is 14.2. The highest BCUT2D eigenvalue weighted by Gasteiger charge is 2.43. The summed E-state index contributed by atoms with van der Waals surface area (Å²) in [6.07, 6.45) is -2.99. The number of carboxylic acid groups (broad SMARTS) is 2. The second kappa shape index (κ2) is 15.1. The van der Waals surface area contributed by atoms with Crippen LogP contribution >= 0.6 is 0 Å². The quantitative estimate of drug-likeness (QED) is 0.457. The van der Waals surface area contributed by atoms with Crippen molar-refractivity contribution in [3.05, 3.63) is 65.5 Å². The van der Waals surface area contributed by atoms with E-state index < -0.39 is 24.3 Å². The van der Waals surface area contributed by atoms with Gasteiger partial charge < -0.3 is 19.8 Å². The van der Waals surface area contributed by atoms with Crippen LogP contribution in [0.1, 0.15) is 40.7 Å². The molecule has 1 spiro atoms. The normalized spacial score (nSPS) is 17.9. The number of hydrogen-bond acceptors (Lipinski definition) is 6.